The first-order valence-electron chi connectivity index (χ1n) is 11.7. The van der Waals surface area contributed by atoms with E-state index in [1.165, 1.54) is 69.0 Å². The SMILES string of the molecule is C=C(Nc1cc2cc(-c3cncn3C)ccc2cn1)C1CCN(C2CCCCC2)CC1. The molecule has 0 atom stereocenters. The highest BCUT2D eigenvalue weighted by Gasteiger charge is 2.27. The second-order valence-corrected chi connectivity index (χ2v) is 9.27. The molecule has 2 aliphatic rings. The minimum Gasteiger partial charge on any atom is -0.344 e. The van der Waals surface area contributed by atoms with Crippen molar-refractivity contribution in [1.29, 1.82) is 0 Å². The number of allylic oxidation sites excluding steroid dienone is 1. The van der Waals surface area contributed by atoms with Crippen molar-refractivity contribution >= 4 is 16.6 Å². The number of aryl methyl sites for hydroxylation is 1. The fourth-order valence-electron chi connectivity index (χ4n) is 5.33. The van der Waals surface area contributed by atoms with Gasteiger partial charge in [0.25, 0.3) is 0 Å². The predicted octanol–water partition coefficient (Wildman–Crippen LogP) is 5.61. The molecule has 0 amide bonds. The van der Waals surface area contributed by atoms with Gasteiger partial charge in [-0.25, -0.2) is 9.97 Å². The Bertz CT molecular complexity index is 1050. The van der Waals surface area contributed by atoms with Crippen molar-refractivity contribution in [1.82, 2.24) is 19.4 Å². The van der Waals surface area contributed by atoms with Crippen LogP contribution in [0.2, 0.25) is 0 Å². The van der Waals surface area contributed by atoms with Crippen LogP contribution in [0.4, 0.5) is 5.82 Å². The summed E-state index contributed by atoms with van der Waals surface area (Å²) in [6, 6.07) is 9.44. The first-order valence-corrected chi connectivity index (χ1v) is 11.7. The van der Waals surface area contributed by atoms with Gasteiger partial charge in [-0.2, -0.15) is 0 Å². The molecule has 1 saturated carbocycles. The van der Waals surface area contributed by atoms with Crippen molar-refractivity contribution in [2.24, 2.45) is 13.0 Å². The van der Waals surface area contributed by atoms with Gasteiger partial charge in [-0.1, -0.05) is 38.0 Å². The maximum Gasteiger partial charge on any atom is 0.130 e. The number of aromatic nitrogens is 3. The van der Waals surface area contributed by atoms with Crippen LogP contribution in [0.3, 0.4) is 0 Å². The lowest BCUT2D eigenvalue weighted by molar-refractivity contribution is 0.115. The van der Waals surface area contributed by atoms with Gasteiger partial charge in [-0.15, -0.1) is 0 Å². The number of nitrogens with zero attached hydrogens (tertiary/aromatic N) is 4. The number of nitrogens with one attached hydrogen (secondary N) is 1. The van der Waals surface area contributed by atoms with E-state index in [0.29, 0.717) is 5.92 Å². The number of likely N-dealkylation sites (tertiary alicyclic amines) is 1. The fourth-order valence-corrected chi connectivity index (χ4v) is 5.33. The third-order valence-corrected chi connectivity index (χ3v) is 7.24. The minimum absolute atomic E-state index is 0.526. The number of imidazole rings is 1. The summed E-state index contributed by atoms with van der Waals surface area (Å²) in [4.78, 5) is 11.6. The van der Waals surface area contributed by atoms with Crippen molar-refractivity contribution in [3.63, 3.8) is 0 Å². The van der Waals surface area contributed by atoms with Crippen LogP contribution < -0.4 is 5.32 Å². The van der Waals surface area contributed by atoms with Gasteiger partial charge in [0.15, 0.2) is 0 Å². The van der Waals surface area contributed by atoms with E-state index in [-0.39, 0.29) is 0 Å². The Labute approximate surface area is 185 Å². The van der Waals surface area contributed by atoms with Crippen LogP contribution >= 0.6 is 0 Å². The van der Waals surface area contributed by atoms with Crippen LogP contribution in [0.25, 0.3) is 22.0 Å². The van der Waals surface area contributed by atoms with E-state index in [0.717, 1.165) is 28.6 Å². The molecule has 31 heavy (non-hydrogen) atoms. The molecule has 5 rings (SSSR count). The first kappa shape index (κ1) is 20.3. The van der Waals surface area contributed by atoms with E-state index < -0.39 is 0 Å². The van der Waals surface area contributed by atoms with Gasteiger partial charge in [0.05, 0.1) is 18.2 Å². The summed E-state index contributed by atoms with van der Waals surface area (Å²) >= 11 is 0. The van der Waals surface area contributed by atoms with Gasteiger partial charge in [0.1, 0.15) is 5.82 Å². The van der Waals surface area contributed by atoms with E-state index in [1.54, 1.807) is 0 Å². The number of hydrogen-bond acceptors (Lipinski definition) is 4. The molecule has 3 heterocycles. The van der Waals surface area contributed by atoms with E-state index in [9.17, 15) is 0 Å². The first-order chi connectivity index (χ1) is 15.2. The minimum atomic E-state index is 0.526. The van der Waals surface area contributed by atoms with Crippen molar-refractivity contribution in [3.05, 3.63) is 55.3 Å². The van der Waals surface area contributed by atoms with Gasteiger partial charge >= 0.3 is 0 Å². The molecule has 3 aromatic rings. The second-order valence-electron chi connectivity index (χ2n) is 9.27. The van der Waals surface area contributed by atoms with Gasteiger partial charge in [-0.05, 0) is 56.3 Å². The van der Waals surface area contributed by atoms with Crippen LogP contribution in [-0.4, -0.2) is 38.6 Å². The number of anilines is 1. The molecule has 2 aromatic heterocycles. The van der Waals surface area contributed by atoms with E-state index in [1.807, 2.05) is 30.3 Å². The monoisotopic (exact) mass is 415 g/mol. The Morgan fingerprint density at radius 3 is 2.55 bits per heavy atom. The summed E-state index contributed by atoms with van der Waals surface area (Å²) in [5.74, 6) is 1.41. The van der Waals surface area contributed by atoms with Crippen molar-refractivity contribution in [2.45, 2.75) is 51.0 Å². The topological polar surface area (TPSA) is 46.0 Å². The Morgan fingerprint density at radius 2 is 1.81 bits per heavy atom. The molecule has 5 nitrogen and oxygen atoms in total. The molecule has 162 valence electrons. The molecule has 1 saturated heterocycles. The average molecular weight is 416 g/mol. The largest absolute Gasteiger partial charge is 0.344 e. The summed E-state index contributed by atoms with van der Waals surface area (Å²) in [6.45, 7) is 6.79. The molecular weight excluding hydrogens is 382 g/mol. The molecule has 0 unspecified atom stereocenters. The van der Waals surface area contributed by atoms with Crippen molar-refractivity contribution < 1.29 is 0 Å². The number of rotatable bonds is 5. The van der Waals surface area contributed by atoms with Gasteiger partial charge in [-0.3, -0.25) is 0 Å². The van der Waals surface area contributed by atoms with Gasteiger partial charge in [0, 0.05) is 41.9 Å². The standard InChI is InChI=1S/C26H33N5/c1-19(20-10-12-31(13-11-20)24-6-4-3-5-7-24)29-26-15-23-14-21(8-9-22(23)16-28-26)25-17-27-18-30(25)2/h8-9,14-18,20,24H,1,3-7,10-13H2,2H3,(H,28,29). The summed E-state index contributed by atoms with van der Waals surface area (Å²) in [6.07, 6.45) is 15.1. The van der Waals surface area contributed by atoms with Crippen molar-refractivity contribution in [2.75, 3.05) is 18.4 Å². The molecule has 2 fully saturated rings. The molecule has 0 radical (unpaired) electrons. The third kappa shape index (κ3) is 4.38. The Balaban J connectivity index is 1.24. The molecule has 1 aliphatic carbocycles. The van der Waals surface area contributed by atoms with Crippen LogP contribution in [0.1, 0.15) is 44.9 Å². The van der Waals surface area contributed by atoms with Gasteiger partial charge in [0.2, 0.25) is 0 Å². The molecule has 0 bridgehead atoms. The second kappa shape index (κ2) is 8.83. The molecule has 1 N–H and O–H groups in total. The zero-order valence-corrected chi connectivity index (χ0v) is 18.6. The van der Waals surface area contributed by atoms with Crippen LogP contribution in [0, 0.1) is 5.92 Å². The van der Waals surface area contributed by atoms with Gasteiger partial charge < -0.3 is 14.8 Å². The Hall–Kier alpha value is -2.66. The maximum atomic E-state index is 4.64. The molecule has 5 heteroatoms. The van der Waals surface area contributed by atoms with E-state index in [4.69, 9.17) is 0 Å². The molecule has 0 spiro atoms. The Morgan fingerprint density at radius 1 is 1.00 bits per heavy atom. The summed E-state index contributed by atoms with van der Waals surface area (Å²) in [5, 5.41) is 5.84. The zero-order chi connectivity index (χ0) is 21.2. The Kier molecular flexibility index (Phi) is 5.77. The van der Waals surface area contributed by atoms with Crippen LogP contribution in [-0.2, 0) is 7.05 Å². The average Bonchev–Trinajstić information content (AvgIpc) is 3.25. The van der Waals surface area contributed by atoms with Crippen LogP contribution in [0.15, 0.2) is 55.3 Å². The highest BCUT2D eigenvalue weighted by Crippen LogP contribution is 2.31. The molecular formula is C26H33N5. The highest BCUT2D eigenvalue weighted by atomic mass is 15.2. The highest BCUT2D eigenvalue weighted by molar-refractivity contribution is 5.88. The number of pyridine rings is 1. The number of fused-ring (bicyclic) bond motifs is 1. The summed E-state index contributed by atoms with van der Waals surface area (Å²) < 4.78 is 2.04. The number of hydrogen-bond donors (Lipinski definition) is 1. The van der Waals surface area contributed by atoms with E-state index in [2.05, 4.69) is 51.0 Å². The lowest BCUT2D eigenvalue weighted by Crippen LogP contribution is -2.42. The van der Waals surface area contributed by atoms with Crippen molar-refractivity contribution in [3.8, 4) is 11.3 Å². The summed E-state index contributed by atoms with van der Waals surface area (Å²) in [7, 11) is 2.02. The smallest absolute Gasteiger partial charge is 0.130 e. The predicted molar refractivity (Wildman–Crippen MR) is 128 cm³/mol. The normalized spacial score (nSPS) is 19.0. The summed E-state index contributed by atoms with van der Waals surface area (Å²) in [5.41, 5.74) is 3.39. The lowest BCUT2D eigenvalue weighted by atomic mass is 9.89. The number of benzene rings is 1. The fraction of sp³-hybridized carbons (Fsp3) is 0.462. The maximum absolute atomic E-state index is 4.64. The molecule has 1 aromatic carbocycles. The number of piperidine rings is 1. The van der Waals surface area contributed by atoms with Crippen LogP contribution in [0.5, 0.6) is 0 Å². The lowest BCUT2D eigenvalue weighted by Gasteiger charge is -2.39. The molecule has 1 aliphatic heterocycles. The van der Waals surface area contributed by atoms with E-state index >= 15 is 0 Å². The zero-order valence-electron chi connectivity index (χ0n) is 18.6. The quantitative estimate of drug-likeness (QED) is 0.589. The third-order valence-electron chi connectivity index (χ3n) is 7.24.